The van der Waals surface area contributed by atoms with Crippen LogP contribution in [0.3, 0.4) is 0 Å². The third-order valence-electron chi connectivity index (χ3n) is 4.83. The van der Waals surface area contributed by atoms with Gasteiger partial charge in [-0.25, -0.2) is 4.98 Å². The Balaban J connectivity index is 1.58. The normalized spacial score (nSPS) is 22.4. The molecule has 2 fully saturated rings. The zero-order valence-corrected chi connectivity index (χ0v) is 14.2. The molecule has 6 nitrogen and oxygen atoms in total. The third-order valence-corrected chi connectivity index (χ3v) is 4.83. The molecule has 0 bridgehead atoms. The van der Waals surface area contributed by atoms with Gasteiger partial charge in [0.05, 0.1) is 11.6 Å². The highest BCUT2D eigenvalue weighted by atomic mass is 19.4. The average Bonchev–Trinajstić information content (AvgIpc) is 2.63. The molecule has 0 N–H and O–H groups in total. The van der Waals surface area contributed by atoms with E-state index in [2.05, 4.69) is 9.88 Å². The van der Waals surface area contributed by atoms with Gasteiger partial charge in [-0.15, -0.1) is 0 Å². The van der Waals surface area contributed by atoms with Gasteiger partial charge in [-0.1, -0.05) is 0 Å². The number of rotatable bonds is 3. The second-order valence-corrected chi connectivity index (χ2v) is 6.57. The molecule has 1 atom stereocenters. The average molecular weight is 367 g/mol. The fourth-order valence-corrected chi connectivity index (χ4v) is 3.53. The number of piperazine rings is 1. The first kappa shape index (κ1) is 18.5. The number of nitrogens with zero attached hydrogens (tertiary/aromatic N) is 5. The maximum Gasteiger partial charge on any atom is 0.406 e. The Bertz CT molecular complexity index is 677. The Labute approximate surface area is 149 Å². The molecule has 2 saturated heterocycles. The SMILES string of the molecule is N#Cc1ccc(N2CCN([C@@H]3CCCN(CC(F)(F)F)C3=O)CC2)nc1. The van der Waals surface area contributed by atoms with Crippen LogP contribution in [-0.2, 0) is 4.79 Å². The number of hydrogen-bond donors (Lipinski definition) is 0. The van der Waals surface area contributed by atoms with Crippen LogP contribution < -0.4 is 4.90 Å². The van der Waals surface area contributed by atoms with E-state index < -0.39 is 24.7 Å². The predicted molar refractivity (Wildman–Crippen MR) is 88.4 cm³/mol. The van der Waals surface area contributed by atoms with Crippen LogP contribution in [0, 0.1) is 11.3 Å². The highest BCUT2D eigenvalue weighted by Crippen LogP contribution is 2.24. The number of carbonyl (C=O) groups excluding carboxylic acids is 1. The third kappa shape index (κ3) is 4.25. The van der Waals surface area contributed by atoms with Crippen molar-refractivity contribution >= 4 is 11.7 Å². The van der Waals surface area contributed by atoms with E-state index in [9.17, 15) is 18.0 Å². The van der Waals surface area contributed by atoms with Crippen molar-refractivity contribution in [2.45, 2.75) is 25.1 Å². The summed E-state index contributed by atoms with van der Waals surface area (Å²) in [4.78, 5) is 21.7. The molecule has 0 radical (unpaired) electrons. The largest absolute Gasteiger partial charge is 0.406 e. The van der Waals surface area contributed by atoms with Crippen molar-refractivity contribution in [2.75, 3.05) is 44.2 Å². The molecule has 26 heavy (non-hydrogen) atoms. The quantitative estimate of drug-likeness (QED) is 0.813. The Morgan fingerprint density at radius 3 is 2.50 bits per heavy atom. The van der Waals surface area contributed by atoms with Crippen LogP contribution in [-0.4, -0.2) is 72.2 Å². The van der Waals surface area contributed by atoms with Gasteiger partial charge in [-0.05, 0) is 25.0 Å². The zero-order chi connectivity index (χ0) is 18.7. The van der Waals surface area contributed by atoms with Gasteiger partial charge in [0.15, 0.2) is 0 Å². The van der Waals surface area contributed by atoms with Gasteiger partial charge in [-0.2, -0.15) is 18.4 Å². The number of pyridine rings is 1. The molecule has 0 spiro atoms. The molecule has 1 amide bonds. The Morgan fingerprint density at radius 1 is 1.19 bits per heavy atom. The van der Waals surface area contributed by atoms with E-state index in [1.54, 1.807) is 12.1 Å². The zero-order valence-electron chi connectivity index (χ0n) is 14.2. The number of carbonyl (C=O) groups is 1. The molecule has 0 aromatic carbocycles. The highest BCUT2D eigenvalue weighted by molar-refractivity contribution is 5.82. The molecule has 3 rings (SSSR count). The van der Waals surface area contributed by atoms with E-state index in [4.69, 9.17) is 5.26 Å². The van der Waals surface area contributed by atoms with Crippen molar-refractivity contribution in [1.29, 1.82) is 5.26 Å². The van der Waals surface area contributed by atoms with E-state index in [1.807, 2.05) is 11.0 Å². The van der Waals surface area contributed by atoms with Crippen molar-refractivity contribution in [3.8, 4) is 6.07 Å². The number of amides is 1. The lowest BCUT2D eigenvalue weighted by Crippen LogP contribution is -2.58. The van der Waals surface area contributed by atoms with Crippen LogP contribution in [0.1, 0.15) is 18.4 Å². The molecular formula is C17H20F3N5O. The van der Waals surface area contributed by atoms with Crippen molar-refractivity contribution < 1.29 is 18.0 Å². The summed E-state index contributed by atoms with van der Waals surface area (Å²) in [5.41, 5.74) is 0.491. The molecule has 9 heteroatoms. The van der Waals surface area contributed by atoms with Crippen LogP contribution >= 0.6 is 0 Å². The molecule has 3 heterocycles. The molecular weight excluding hydrogens is 347 g/mol. The van der Waals surface area contributed by atoms with E-state index in [0.717, 1.165) is 10.7 Å². The number of alkyl halides is 3. The summed E-state index contributed by atoms with van der Waals surface area (Å²) in [5, 5.41) is 8.82. The lowest BCUT2D eigenvalue weighted by Gasteiger charge is -2.42. The van der Waals surface area contributed by atoms with E-state index in [1.165, 1.54) is 6.20 Å². The second-order valence-electron chi connectivity index (χ2n) is 6.57. The Morgan fingerprint density at radius 2 is 1.92 bits per heavy atom. The smallest absolute Gasteiger partial charge is 0.354 e. The van der Waals surface area contributed by atoms with E-state index in [0.29, 0.717) is 44.6 Å². The second kappa shape index (κ2) is 7.50. The number of piperidine rings is 1. The molecule has 2 aliphatic heterocycles. The lowest BCUT2D eigenvalue weighted by molar-refractivity contribution is -0.167. The minimum absolute atomic E-state index is 0.171. The van der Waals surface area contributed by atoms with Crippen molar-refractivity contribution in [1.82, 2.24) is 14.8 Å². The van der Waals surface area contributed by atoms with Crippen LogP contribution in [0.2, 0.25) is 0 Å². The Hall–Kier alpha value is -2.34. The number of halogens is 3. The van der Waals surface area contributed by atoms with Gasteiger partial charge in [0.1, 0.15) is 18.4 Å². The van der Waals surface area contributed by atoms with Crippen LogP contribution in [0.15, 0.2) is 18.3 Å². The molecule has 1 aromatic rings. The van der Waals surface area contributed by atoms with E-state index >= 15 is 0 Å². The lowest BCUT2D eigenvalue weighted by atomic mass is 10.0. The summed E-state index contributed by atoms with van der Waals surface area (Å²) in [6.07, 6.45) is -1.66. The molecule has 2 aliphatic rings. The molecule has 140 valence electrons. The van der Waals surface area contributed by atoms with Gasteiger partial charge in [0.2, 0.25) is 5.91 Å². The monoisotopic (exact) mass is 367 g/mol. The van der Waals surface area contributed by atoms with Crippen LogP contribution in [0.5, 0.6) is 0 Å². The number of aromatic nitrogens is 1. The maximum absolute atomic E-state index is 12.6. The maximum atomic E-state index is 12.6. The number of anilines is 1. The molecule has 1 aromatic heterocycles. The molecule has 0 saturated carbocycles. The Kier molecular flexibility index (Phi) is 5.32. The fourth-order valence-electron chi connectivity index (χ4n) is 3.53. The minimum atomic E-state index is -4.36. The van der Waals surface area contributed by atoms with Crippen molar-refractivity contribution in [2.24, 2.45) is 0 Å². The minimum Gasteiger partial charge on any atom is -0.354 e. The number of likely N-dealkylation sites (tertiary alicyclic amines) is 1. The standard InChI is InChI=1S/C17H20F3N5O/c18-17(19,20)12-25-5-1-2-14(16(25)26)23-6-8-24(9-7-23)15-4-3-13(10-21)11-22-15/h3-4,11,14H,1-2,5-9,12H2/t14-/m1/s1. The van der Waals surface area contributed by atoms with Gasteiger partial charge in [0.25, 0.3) is 0 Å². The van der Waals surface area contributed by atoms with Crippen molar-refractivity contribution in [3.05, 3.63) is 23.9 Å². The summed E-state index contributed by atoms with van der Waals surface area (Å²) < 4.78 is 37.9. The van der Waals surface area contributed by atoms with E-state index in [-0.39, 0.29) is 6.54 Å². The number of nitriles is 1. The van der Waals surface area contributed by atoms with Gasteiger partial charge in [0, 0.05) is 38.9 Å². The summed E-state index contributed by atoms with van der Waals surface area (Å²) in [6, 6.07) is 5.04. The first-order chi connectivity index (χ1) is 12.4. The first-order valence-electron chi connectivity index (χ1n) is 8.58. The number of hydrogen-bond acceptors (Lipinski definition) is 5. The topological polar surface area (TPSA) is 63.5 Å². The van der Waals surface area contributed by atoms with Crippen LogP contribution in [0.25, 0.3) is 0 Å². The summed E-state index contributed by atoms with van der Waals surface area (Å²) in [7, 11) is 0. The van der Waals surface area contributed by atoms with Crippen LogP contribution in [0.4, 0.5) is 19.0 Å². The molecule has 0 aliphatic carbocycles. The summed E-state index contributed by atoms with van der Waals surface area (Å²) in [5.74, 6) is 0.343. The summed E-state index contributed by atoms with van der Waals surface area (Å²) >= 11 is 0. The molecule has 0 unspecified atom stereocenters. The van der Waals surface area contributed by atoms with Gasteiger partial charge >= 0.3 is 6.18 Å². The fraction of sp³-hybridized carbons (Fsp3) is 0.588. The van der Waals surface area contributed by atoms with Gasteiger partial charge < -0.3 is 9.80 Å². The van der Waals surface area contributed by atoms with Gasteiger partial charge in [-0.3, -0.25) is 9.69 Å². The highest BCUT2D eigenvalue weighted by Gasteiger charge is 2.39. The first-order valence-corrected chi connectivity index (χ1v) is 8.58. The summed E-state index contributed by atoms with van der Waals surface area (Å²) in [6.45, 7) is 1.47. The van der Waals surface area contributed by atoms with Crippen molar-refractivity contribution in [3.63, 3.8) is 0 Å². The predicted octanol–water partition coefficient (Wildman–Crippen LogP) is 1.63.